The lowest BCUT2D eigenvalue weighted by Crippen LogP contribution is -1.89. The van der Waals surface area contributed by atoms with E-state index < -0.39 is 11.8 Å². The number of hydrogen-bond acceptors (Lipinski definition) is 1. The van der Waals surface area contributed by atoms with Crippen LogP contribution in [-0.2, 0) is 4.79 Å². The zero-order valence-corrected chi connectivity index (χ0v) is 4.52. The molecule has 8 heavy (non-hydrogen) atoms. The van der Waals surface area contributed by atoms with Crippen molar-refractivity contribution >= 4 is 5.97 Å². The first kappa shape index (κ1) is 7.14. The van der Waals surface area contributed by atoms with E-state index in [9.17, 15) is 9.18 Å². The standard InChI is InChI=1S/C5H7FO2/c1-4(6)2-3-5(7)8/h2H,3H2,1H3,(H,7,8)/b4-2-. The normalized spacial score (nSPS) is 11.5. The van der Waals surface area contributed by atoms with Gasteiger partial charge in [0, 0.05) is 0 Å². The lowest BCUT2D eigenvalue weighted by molar-refractivity contribution is -0.136. The zero-order valence-electron chi connectivity index (χ0n) is 4.52. The molecule has 0 rings (SSSR count). The van der Waals surface area contributed by atoms with E-state index in [0.29, 0.717) is 0 Å². The fourth-order valence-corrected chi connectivity index (χ4v) is 0.228. The summed E-state index contributed by atoms with van der Waals surface area (Å²) in [6.45, 7) is 1.21. The Morgan fingerprint density at radius 2 is 2.38 bits per heavy atom. The molecule has 0 spiro atoms. The third-order valence-electron chi connectivity index (χ3n) is 0.558. The van der Waals surface area contributed by atoms with Gasteiger partial charge in [-0.25, -0.2) is 4.39 Å². The molecule has 2 nitrogen and oxygen atoms in total. The van der Waals surface area contributed by atoms with Crippen LogP contribution in [0.1, 0.15) is 13.3 Å². The van der Waals surface area contributed by atoms with Gasteiger partial charge in [-0.1, -0.05) is 0 Å². The Labute approximate surface area is 46.6 Å². The fourth-order valence-electron chi connectivity index (χ4n) is 0.228. The van der Waals surface area contributed by atoms with Gasteiger partial charge in [-0.15, -0.1) is 0 Å². The highest BCUT2D eigenvalue weighted by Gasteiger charge is 1.90. The van der Waals surface area contributed by atoms with Gasteiger partial charge < -0.3 is 5.11 Å². The van der Waals surface area contributed by atoms with Crippen LogP contribution in [0.5, 0.6) is 0 Å². The average molecular weight is 118 g/mol. The summed E-state index contributed by atoms with van der Waals surface area (Å²) in [7, 11) is 0. The third-order valence-corrected chi connectivity index (χ3v) is 0.558. The second kappa shape index (κ2) is 3.18. The molecular formula is C5H7FO2. The fraction of sp³-hybridized carbons (Fsp3) is 0.400. The molecule has 46 valence electrons. The smallest absolute Gasteiger partial charge is 0.307 e. The van der Waals surface area contributed by atoms with Crippen molar-refractivity contribution < 1.29 is 14.3 Å². The number of carboxylic acid groups (broad SMARTS) is 1. The molecule has 0 heterocycles. The molecule has 0 unspecified atom stereocenters. The van der Waals surface area contributed by atoms with E-state index in [1.165, 1.54) is 6.92 Å². The molecule has 3 heteroatoms. The van der Waals surface area contributed by atoms with Gasteiger partial charge in [0.05, 0.1) is 12.2 Å². The maximum absolute atomic E-state index is 11.7. The molecule has 1 N–H and O–H groups in total. The van der Waals surface area contributed by atoms with E-state index in [1.54, 1.807) is 0 Å². The van der Waals surface area contributed by atoms with Gasteiger partial charge in [-0.05, 0) is 13.0 Å². The Bertz CT molecular complexity index is 114. The number of hydrogen-bond donors (Lipinski definition) is 1. The minimum absolute atomic E-state index is 0.234. The SMILES string of the molecule is C/C(F)=C/CC(=O)O. The highest BCUT2D eigenvalue weighted by molar-refractivity contribution is 5.68. The predicted octanol–water partition coefficient (Wildman–Crippen LogP) is 1.33. The molecule has 0 radical (unpaired) electrons. The molecule has 0 aromatic heterocycles. The van der Waals surface area contributed by atoms with Crippen LogP contribution < -0.4 is 0 Å². The maximum Gasteiger partial charge on any atom is 0.307 e. The monoisotopic (exact) mass is 118 g/mol. The van der Waals surface area contributed by atoms with Crippen LogP contribution in [0.3, 0.4) is 0 Å². The second-order valence-corrected chi connectivity index (χ2v) is 1.39. The van der Waals surface area contributed by atoms with Gasteiger partial charge in [0.25, 0.3) is 0 Å². The van der Waals surface area contributed by atoms with Crippen LogP contribution >= 0.6 is 0 Å². The molecule has 0 amide bonds. The van der Waals surface area contributed by atoms with Crippen molar-refractivity contribution in [2.75, 3.05) is 0 Å². The number of rotatable bonds is 2. The van der Waals surface area contributed by atoms with Gasteiger partial charge >= 0.3 is 5.97 Å². The molecular weight excluding hydrogens is 111 g/mol. The molecule has 0 fully saturated rings. The predicted molar refractivity (Wildman–Crippen MR) is 27.1 cm³/mol. The van der Waals surface area contributed by atoms with Gasteiger partial charge in [0.15, 0.2) is 0 Å². The summed E-state index contributed by atoms with van der Waals surface area (Å²) in [5.74, 6) is -1.46. The molecule has 0 saturated heterocycles. The summed E-state index contributed by atoms with van der Waals surface area (Å²) in [6.07, 6.45) is 0.782. The Morgan fingerprint density at radius 3 is 2.50 bits per heavy atom. The first-order valence-corrected chi connectivity index (χ1v) is 2.17. The average Bonchev–Trinajstić information content (AvgIpc) is 1.61. The second-order valence-electron chi connectivity index (χ2n) is 1.39. The lowest BCUT2D eigenvalue weighted by Gasteiger charge is -1.81. The van der Waals surface area contributed by atoms with Crippen molar-refractivity contribution in [2.45, 2.75) is 13.3 Å². The number of halogens is 1. The van der Waals surface area contributed by atoms with E-state index in [4.69, 9.17) is 5.11 Å². The topological polar surface area (TPSA) is 37.3 Å². The Kier molecular flexibility index (Phi) is 2.84. The van der Waals surface area contributed by atoms with Crippen LogP contribution in [0.25, 0.3) is 0 Å². The maximum atomic E-state index is 11.7. The third kappa shape index (κ3) is 5.14. The summed E-state index contributed by atoms with van der Waals surface area (Å²) in [5.41, 5.74) is 0. The summed E-state index contributed by atoms with van der Waals surface area (Å²) in [4.78, 5) is 9.69. The van der Waals surface area contributed by atoms with E-state index in [-0.39, 0.29) is 6.42 Å². The molecule has 0 aliphatic heterocycles. The van der Waals surface area contributed by atoms with E-state index >= 15 is 0 Å². The number of carbonyl (C=O) groups is 1. The molecule has 0 aliphatic rings. The van der Waals surface area contributed by atoms with Crippen LogP contribution in [0.2, 0.25) is 0 Å². The number of allylic oxidation sites excluding steroid dienone is 1. The summed E-state index contributed by atoms with van der Waals surface area (Å²) in [6, 6.07) is 0. The van der Waals surface area contributed by atoms with Crippen molar-refractivity contribution in [1.82, 2.24) is 0 Å². The van der Waals surface area contributed by atoms with Gasteiger partial charge in [0.1, 0.15) is 0 Å². The highest BCUT2D eigenvalue weighted by Crippen LogP contribution is 1.94. The van der Waals surface area contributed by atoms with Gasteiger partial charge in [-0.2, -0.15) is 0 Å². The van der Waals surface area contributed by atoms with E-state index in [2.05, 4.69) is 0 Å². The van der Waals surface area contributed by atoms with Crippen LogP contribution in [0.15, 0.2) is 11.9 Å². The number of aliphatic carboxylic acids is 1. The lowest BCUT2D eigenvalue weighted by atomic mass is 10.4. The van der Waals surface area contributed by atoms with Gasteiger partial charge in [-0.3, -0.25) is 4.79 Å². The summed E-state index contributed by atoms with van der Waals surface area (Å²) >= 11 is 0. The molecule has 0 saturated carbocycles. The molecule has 0 atom stereocenters. The molecule has 0 aliphatic carbocycles. The molecule has 0 aromatic rings. The van der Waals surface area contributed by atoms with Crippen molar-refractivity contribution in [3.63, 3.8) is 0 Å². The van der Waals surface area contributed by atoms with Crippen LogP contribution in [0.4, 0.5) is 4.39 Å². The minimum atomic E-state index is -1.01. The first-order chi connectivity index (χ1) is 3.63. The largest absolute Gasteiger partial charge is 0.481 e. The number of carboxylic acids is 1. The van der Waals surface area contributed by atoms with Crippen molar-refractivity contribution in [1.29, 1.82) is 0 Å². The molecule has 0 bridgehead atoms. The highest BCUT2D eigenvalue weighted by atomic mass is 19.1. The summed E-state index contributed by atoms with van der Waals surface area (Å²) in [5, 5.41) is 7.95. The van der Waals surface area contributed by atoms with E-state index in [0.717, 1.165) is 6.08 Å². The first-order valence-electron chi connectivity index (χ1n) is 2.17. The quantitative estimate of drug-likeness (QED) is 0.594. The van der Waals surface area contributed by atoms with Gasteiger partial charge in [0.2, 0.25) is 0 Å². The minimum Gasteiger partial charge on any atom is -0.481 e. The zero-order chi connectivity index (χ0) is 6.57. The van der Waals surface area contributed by atoms with Crippen molar-refractivity contribution in [2.24, 2.45) is 0 Å². The van der Waals surface area contributed by atoms with Crippen molar-refractivity contribution in [3.8, 4) is 0 Å². The molecule has 0 aromatic carbocycles. The van der Waals surface area contributed by atoms with Crippen LogP contribution in [0, 0.1) is 0 Å². The summed E-state index contributed by atoms with van der Waals surface area (Å²) < 4.78 is 11.7. The Morgan fingerprint density at radius 1 is 1.88 bits per heavy atom. The van der Waals surface area contributed by atoms with Crippen molar-refractivity contribution in [3.05, 3.63) is 11.9 Å². The Hall–Kier alpha value is -0.860. The Balaban J connectivity index is 3.45. The van der Waals surface area contributed by atoms with E-state index in [1.807, 2.05) is 0 Å². The van der Waals surface area contributed by atoms with Crippen LogP contribution in [-0.4, -0.2) is 11.1 Å².